The predicted octanol–water partition coefficient (Wildman–Crippen LogP) is 2.74. The summed E-state index contributed by atoms with van der Waals surface area (Å²) in [5.74, 6) is 0.102. The lowest BCUT2D eigenvalue weighted by Crippen LogP contribution is -2.13. The fourth-order valence-electron chi connectivity index (χ4n) is 0.819. The number of unbranched alkanes of at least 4 members (excludes halogenated alkanes) is 3. The maximum atomic E-state index is 11.0. The van der Waals surface area contributed by atoms with Crippen molar-refractivity contribution in [2.75, 3.05) is 5.75 Å². The average molecular weight is 233 g/mol. The maximum absolute atomic E-state index is 11.0. The van der Waals surface area contributed by atoms with Crippen molar-refractivity contribution in [1.82, 2.24) is 0 Å². The largest absolute Gasteiger partial charge is 0.226 e. The summed E-state index contributed by atoms with van der Waals surface area (Å²) in [5, 5.41) is 0. The molecule has 0 aromatic rings. The Morgan fingerprint density at radius 3 is 2.17 bits per heavy atom. The Labute approximate surface area is 84.2 Å². The van der Waals surface area contributed by atoms with Gasteiger partial charge in [-0.2, -0.15) is 0 Å². The Morgan fingerprint density at radius 2 is 1.75 bits per heavy atom. The minimum atomic E-state index is -3.25. The molecule has 0 amide bonds. The molecule has 0 heterocycles. The summed E-state index contributed by atoms with van der Waals surface area (Å²) < 4.78 is 20.8. The van der Waals surface area contributed by atoms with Gasteiger partial charge >= 0.3 is 0 Å². The third-order valence-electron chi connectivity index (χ3n) is 1.55. The second kappa shape index (κ2) is 6.06. The van der Waals surface area contributed by atoms with Gasteiger partial charge in [-0.3, -0.25) is 0 Å². The van der Waals surface area contributed by atoms with E-state index in [9.17, 15) is 8.42 Å². The van der Waals surface area contributed by atoms with Crippen molar-refractivity contribution >= 4 is 33.0 Å². The van der Waals surface area contributed by atoms with Crippen LogP contribution in [0.25, 0.3) is 0 Å². The minimum absolute atomic E-state index is 0.102. The van der Waals surface area contributed by atoms with Crippen molar-refractivity contribution in [3.63, 3.8) is 0 Å². The summed E-state index contributed by atoms with van der Waals surface area (Å²) in [6, 6.07) is 0. The fraction of sp³-hybridized carbons (Fsp3) is 1.00. The van der Waals surface area contributed by atoms with E-state index in [4.69, 9.17) is 23.2 Å². The molecule has 0 radical (unpaired) electrons. The van der Waals surface area contributed by atoms with E-state index in [1.54, 1.807) is 0 Å². The van der Waals surface area contributed by atoms with Gasteiger partial charge < -0.3 is 0 Å². The van der Waals surface area contributed by atoms with Crippen molar-refractivity contribution < 1.29 is 8.42 Å². The number of sulfone groups is 1. The van der Waals surface area contributed by atoms with Gasteiger partial charge in [0.2, 0.25) is 4.17 Å². The zero-order chi connectivity index (χ0) is 9.61. The molecule has 0 aliphatic carbocycles. The highest BCUT2D eigenvalue weighted by Gasteiger charge is 2.18. The Hall–Kier alpha value is 0.530. The van der Waals surface area contributed by atoms with E-state index >= 15 is 0 Å². The lowest BCUT2D eigenvalue weighted by Gasteiger charge is -2.03. The van der Waals surface area contributed by atoms with Crippen LogP contribution in [0.2, 0.25) is 0 Å². The van der Waals surface area contributed by atoms with Crippen LogP contribution in [0, 0.1) is 0 Å². The molecular weight excluding hydrogens is 219 g/mol. The molecule has 0 rings (SSSR count). The molecule has 0 unspecified atom stereocenters. The van der Waals surface area contributed by atoms with Crippen molar-refractivity contribution in [2.24, 2.45) is 0 Å². The van der Waals surface area contributed by atoms with Gasteiger partial charge in [0.25, 0.3) is 0 Å². The number of alkyl halides is 2. The topological polar surface area (TPSA) is 34.1 Å². The highest BCUT2D eigenvalue weighted by Crippen LogP contribution is 2.14. The van der Waals surface area contributed by atoms with E-state index in [-0.39, 0.29) is 5.75 Å². The molecule has 0 aromatic carbocycles. The number of rotatable bonds is 6. The van der Waals surface area contributed by atoms with Crippen LogP contribution in [-0.4, -0.2) is 18.3 Å². The van der Waals surface area contributed by atoms with Crippen LogP contribution < -0.4 is 0 Å². The highest BCUT2D eigenvalue weighted by atomic mass is 35.5. The van der Waals surface area contributed by atoms with E-state index < -0.39 is 14.0 Å². The quantitative estimate of drug-likeness (QED) is 0.522. The van der Waals surface area contributed by atoms with Crippen molar-refractivity contribution in [1.29, 1.82) is 0 Å². The molecule has 0 aliphatic rings. The Bertz CT molecular complexity index is 199. The van der Waals surface area contributed by atoms with E-state index in [0.717, 1.165) is 19.3 Å². The van der Waals surface area contributed by atoms with Crippen LogP contribution in [0.15, 0.2) is 0 Å². The van der Waals surface area contributed by atoms with Gasteiger partial charge in [0.05, 0.1) is 5.75 Å². The van der Waals surface area contributed by atoms with E-state index in [0.29, 0.717) is 6.42 Å². The molecule has 0 aromatic heterocycles. The van der Waals surface area contributed by atoms with Crippen LogP contribution in [0.4, 0.5) is 0 Å². The third-order valence-corrected chi connectivity index (χ3v) is 4.58. The van der Waals surface area contributed by atoms with Crippen molar-refractivity contribution in [3.05, 3.63) is 0 Å². The van der Waals surface area contributed by atoms with Crippen LogP contribution in [-0.2, 0) is 9.84 Å². The van der Waals surface area contributed by atoms with Gasteiger partial charge in [-0.25, -0.2) is 8.42 Å². The molecule has 0 saturated carbocycles. The summed E-state index contributed by atoms with van der Waals surface area (Å²) >= 11 is 10.5. The summed E-state index contributed by atoms with van der Waals surface area (Å²) in [6.45, 7) is 2.07. The van der Waals surface area contributed by atoms with Gasteiger partial charge in [0.1, 0.15) is 0 Å². The van der Waals surface area contributed by atoms with Crippen LogP contribution in [0.5, 0.6) is 0 Å². The minimum Gasteiger partial charge on any atom is -0.226 e. The molecular formula is C7H14Cl2O2S. The molecule has 2 nitrogen and oxygen atoms in total. The van der Waals surface area contributed by atoms with Gasteiger partial charge in [-0.05, 0) is 6.42 Å². The lowest BCUT2D eigenvalue weighted by molar-refractivity contribution is 0.591. The summed E-state index contributed by atoms with van der Waals surface area (Å²) in [7, 11) is -3.25. The molecule has 5 heteroatoms. The first-order chi connectivity index (χ1) is 5.50. The monoisotopic (exact) mass is 232 g/mol. The van der Waals surface area contributed by atoms with Gasteiger partial charge in [-0.1, -0.05) is 49.4 Å². The van der Waals surface area contributed by atoms with Crippen LogP contribution in [0.3, 0.4) is 0 Å². The molecule has 0 spiro atoms. The molecule has 0 atom stereocenters. The van der Waals surface area contributed by atoms with E-state index in [2.05, 4.69) is 6.92 Å². The average Bonchev–Trinajstić information content (AvgIpc) is 1.98. The molecule has 0 fully saturated rings. The molecule has 0 N–H and O–H groups in total. The van der Waals surface area contributed by atoms with Crippen molar-refractivity contribution in [2.45, 2.75) is 36.8 Å². The second-order valence-electron chi connectivity index (χ2n) is 2.69. The van der Waals surface area contributed by atoms with Crippen molar-refractivity contribution in [3.8, 4) is 0 Å². The SMILES string of the molecule is CCCCCCS(=O)(=O)C(Cl)Cl. The zero-order valence-corrected chi connectivity index (χ0v) is 9.42. The first kappa shape index (κ1) is 12.5. The number of hydrogen-bond acceptors (Lipinski definition) is 2. The lowest BCUT2D eigenvalue weighted by atomic mass is 10.2. The summed E-state index contributed by atoms with van der Waals surface area (Å²) in [4.78, 5) is 0. The first-order valence-electron chi connectivity index (χ1n) is 4.00. The van der Waals surface area contributed by atoms with Crippen LogP contribution >= 0.6 is 23.2 Å². The highest BCUT2D eigenvalue weighted by molar-refractivity contribution is 7.94. The maximum Gasteiger partial charge on any atom is 0.207 e. The Morgan fingerprint density at radius 1 is 1.17 bits per heavy atom. The van der Waals surface area contributed by atoms with Crippen LogP contribution in [0.1, 0.15) is 32.6 Å². The number of hydrogen-bond donors (Lipinski definition) is 0. The van der Waals surface area contributed by atoms with Gasteiger partial charge in [-0.15, -0.1) is 0 Å². The summed E-state index contributed by atoms with van der Waals surface area (Å²) in [5.41, 5.74) is 0. The van der Waals surface area contributed by atoms with E-state index in [1.165, 1.54) is 0 Å². The fourth-order valence-corrected chi connectivity index (χ4v) is 2.14. The molecule has 12 heavy (non-hydrogen) atoms. The molecule has 0 bridgehead atoms. The smallest absolute Gasteiger partial charge is 0.207 e. The normalized spacial score (nSPS) is 12.3. The van der Waals surface area contributed by atoms with Gasteiger partial charge in [0.15, 0.2) is 9.84 Å². The second-order valence-corrected chi connectivity index (χ2v) is 6.51. The van der Waals surface area contributed by atoms with Gasteiger partial charge in [0, 0.05) is 0 Å². The third kappa shape index (κ3) is 5.22. The standard InChI is InChI=1S/C7H14Cl2O2S/c1-2-3-4-5-6-12(10,11)7(8)9/h7H,2-6H2,1H3. The first-order valence-corrected chi connectivity index (χ1v) is 6.59. The van der Waals surface area contributed by atoms with E-state index in [1.807, 2.05) is 0 Å². The zero-order valence-electron chi connectivity index (χ0n) is 7.09. The Kier molecular flexibility index (Phi) is 6.32. The molecule has 74 valence electrons. The summed E-state index contributed by atoms with van der Waals surface area (Å²) in [6.07, 6.45) is 3.73. The molecule has 0 aliphatic heterocycles. The number of halogens is 2. The molecule has 0 saturated heterocycles. The predicted molar refractivity (Wildman–Crippen MR) is 53.4 cm³/mol. The Balaban J connectivity index is 3.63.